The van der Waals surface area contributed by atoms with Crippen molar-refractivity contribution in [1.29, 1.82) is 0 Å². The lowest BCUT2D eigenvalue weighted by atomic mass is 10.1. The van der Waals surface area contributed by atoms with Gasteiger partial charge in [-0.25, -0.2) is 4.68 Å². The molecule has 4 rings (SSSR count). The number of rotatable bonds is 6. The molecule has 31 heavy (non-hydrogen) atoms. The Labute approximate surface area is 187 Å². The first-order valence-electron chi connectivity index (χ1n) is 11.0. The van der Waals surface area contributed by atoms with Crippen LogP contribution in [0.4, 0.5) is 0 Å². The Hall–Kier alpha value is -2.45. The largest absolute Gasteiger partial charge is 0.349 e. The van der Waals surface area contributed by atoms with E-state index in [0.717, 1.165) is 51.3 Å². The molecule has 1 saturated carbocycles. The molecule has 9 heteroatoms. The molecule has 0 unspecified atom stereocenters. The highest BCUT2D eigenvalue weighted by Crippen LogP contribution is 2.26. The number of piperazine rings is 1. The maximum Gasteiger partial charge on any atom is 0.273 e. The van der Waals surface area contributed by atoms with Crippen LogP contribution in [0.3, 0.4) is 0 Å². The zero-order valence-corrected chi connectivity index (χ0v) is 18.6. The maximum absolute atomic E-state index is 12.6. The predicted molar refractivity (Wildman–Crippen MR) is 118 cm³/mol. The zero-order valence-electron chi connectivity index (χ0n) is 17.9. The van der Waals surface area contributed by atoms with E-state index >= 15 is 0 Å². The molecule has 1 N–H and O–H groups in total. The second-order valence-corrected chi connectivity index (χ2v) is 8.76. The van der Waals surface area contributed by atoms with Crippen LogP contribution in [-0.4, -0.2) is 75.9 Å². The lowest BCUT2D eigenvalue weighted by Crippen LogP contribution is -2.51. The number of hydrogen-bond acceptors (Lipinski definition) is 5. The fourth-order valence-electron chi connectivity index (χ4n) is 4.43. The molecule has 2 aliphatic rings. The van der Waals surface area contributed by atoms with E-state index in [-0.39, 0.29) is 11.8 Å². The normalized spacial score (nSPS) is 17.8. The molecular formula is C22H29ClN6O2. The molecule has 1 aromatic carbocycles. The number of carbonyl (C=O) groups is 2. The van der Waals surface area contributed by atoms with Gasteiger partial charge in [0.05, 0.1) is 11.4 Å². The summed E-state index contributed by atoms with van der Waals surface area (Å²) in [6.45, 7) is 6.33. The predicted octanol–water partition coefficient (Wildman–Crippen LogP) is 2.29. The second-order valence-electron chi connectivity index (χ2n) is 8.32. The number of carbonyl (C=O) groups excluding carboxylic acids is 2. The molecule has 1 aliphatic carbocycles. The lowest BCUT2D eigenvalue weighted by Gasteiger charge is -2.36. The molecule has 2 heterocycles. The Kier molecular flexibility index (Phi) is 6.87. The minimum absolute atomic E-state index is 0.235. The van der Waals surface area contributed by atoms with Gasteiger partial charge in [0.2, 0.25) is 5.91 Å². The van der Waals surface area contributed by atoms with Crippen LogP contribution in [0.2, 0.25) is 5.02 Å². The van der Waals surface area contributed by atoms with Crippen molar-refractivity contribution in [2.24, 2.45) is 5.92 Å². The van der Waals surface area contributed by atoms with Gasteiger partial charge in [-0.05, 0) is 38.0 Å². The average molecular weight is 445 g/mol. The summed E-state index contributed by atoms with van der Waals surface area (Å²) >= 11 is 6.05. The quantitative estimate of drug-likeness (QED) is 0.739. The van der Waals surface area contributed by atoms with Crippen molar-refractivity contribution in [2.45, 2.75) is 32.6 Å². The standard InChI is InChI=1S/C22H29ClN6O2/c1-16-20(25-26-29(16)19-8-4-7-18(23)15-19)21(30)24-9-10-27-11-13-28(14-12-27)22(31)17-5-2-3-6-17/h4,7-8,15,17H,2-3,5-6,9-14H2,1H3,(H,24,30). The average Bonchev–Trinajstić information content (AvgIpc) is 3.44. The zero-order chi connectivity index (χ0) is 21.8. The minimum atomic E-state index is -0.235. The van der Waals surface area contributed by atoms with Gasteiger partial charge in [-0.3, -0.25) is 14.5 Å². The third-order valence-electron chi connectivity index (χ3n) is 6.26. The van der Waals surface area contributed by atoms with Crippen LogP contribution in [0.1, 0.15) is 41.9 Å². The van der Waals surface area contributed by atoms with Gasteiger partial charge in [-0.2, -0.15) is 0 Å². The van der Waals surface area contributed by atoms with E-state index in [4.69, 9.17) is 11.6 Å². The Morgan fingerprint density at radius 1 is 1.16 bits per heavy atom. The van der Waals surface area contributed by atoms with Crippen molar-refractivity contribution in [1.82, 2.24) is 30.1 Å². The molecule has 0 radical (unpaired) electrons. The fraction of sp³-hybridized carbons (Fsp3) is 0.545. The van der Waals surface area contributed by atoms with Crippen molar-refractivity contribution >= 4 is 23.4 Å². The van der Waals surface area contributed by atoms with Gasteiger partial charge in [0.1, 0.15) is 0 Å². The minimum Gasteiger partial charge on any atom is -0.349 e. The molecule has 1 saturated heterocycles. The van der Waals surface area contributed by atoms with Crippen LogP contribution < -0.4 is 5.32 Å². The molecule has 2 fully saturated rings. The topological polar surface area (TPSA) is 83.4 Å². The Balaban J connectivity index is 1.23. The van der Waals surface area contributed by atoms with Gasteiger partial charge in [0, 0.05) is 50.2 Å². The van der Waals surface area contributed by atoms with E-state index in [2.05, 4.69) is 20.5 Å². The molecule has 0 atom stereocenters. The van der Waals surface area contributed by atoms with Crippen molar-refractivity contribution in [3.05, 3.63) is 40.7 Å². The van der Waals surface area contributed by atoms with Gasteiger partial charge in [-0.1, -0.05) is 35.7 Å². The van der Waals surface area contributed by atoms with Gasteiger partial charge in [0.15, 0.2) is 5.69 Å². The Morgan fingerprint density at radius 2 is 1.90 bits per heavy atom. The highest BCUT2D eigenvalue weighted by atomic mass is 35.5. The van der Waals surface area contributed by atoms with Crippen molar-refractivity contribution in [3.63, 3.8) is 0 Å². The molecule has 0 bridgehead atoms. The number of hydrogen-bond donors (Lipinski definition) is 1. The van der Waals surface area contributed by atoms with Gasteiger partial charge in [0.25, 0.3) is 5.91 Å². The van der Waals surface area contributed by atoms with E-state index in [1.807, 2.05) is 24.0 Å². The third-order valence-corrected chi connectivity index (χ3v) is 6.50. The molecule has 1 aromatic heterocycles. The van der Waals surface area contributed by atoms with Crippen molar-refractivity contribution < 1.29 is 9.59 Å². The fourth-order valence-corrected chi connectivity index (χ4v) is 4.61. The van der Waals surface area contributed by atoms with E-state index in [1.165, 1.54) is 12.8 Å². The van der Waals surface area contributed by atoms with E-state index in [9.17, 15) is 9.59 Å². The lowest BCUT2D eigenvalue weighted by molar-refractivity contribution is -0.137. The van der Waals surface area contributed by atoms with E-state index in [0.29, 0.717) is 28.9 Å². The molecule has 0 spiro atoms. The summed E-state index contributed by atoms with van der Waals surface area (Å²) in [5, 5.41) is 11.7. The number of aromatic nitrogens is 3. The van der Waals surface area contributed by atoms with Gasteiger partial charge in [-0.15, -0.1) is 5.10 Å². The Bertz CT molecular complexity index is 932. The van der Waals surface area contributed by atoms with Crippen LogP contribution in [0.15, 0.2) is 24.3 Å². The number of nitrogens with zero attached hydrogens (tertiary/aromatic N) is 5. The van der Waals surface area contributed by atoms with Crippen molar-refractivity contribution in [2.75, 3.05) is 39.3 Å². The van der Waals surface area contributed by atoms with Crippen LogP contribution >= 0.6 is 11.6 Å². The van der Waals surface area contributed by atoms with Crippen LogP contribution in [-0.2, 0) is 4.79 Å². The summed E-state index contributed by atoms with van der Waals surface area (Å²) in [4.78, 5) is 29.4. The highest BCUT2D eigenvalue weighted by Gasteiger charge is 2.29. The number of halogens is 1. The van der Waals surface area contributed by atoms with E-state index < -0.39 is 0 Å². The van der Waals surface area contributed by atoms with Gasteiger partial charge >= 0.3 is 0 Å². The van der Waals surface area contributed by atoms with Crippen LogP contribution in [0.5, 0.6) is 0 Å². The summed E-state index contributed by atoms with van der Waals surface area (Å²) in [5.74, 6) is 0.346. The highest BCUT2D eigenvalue weighted by molar-refractivity contribution is 6.30. The van der Waals surface area contributed by atoms with E-state index in [1.54, 1.807) is 16.8 Å². The third kappa shape index (κ3) is 5.07. The molecule has 8 nitrogen and oxygen atoms in total. The van der Waals surface area contributed by atoms with Crippen molar-refractivity contribution in [3.8, 4) is 5.69 Å². The Morgan fingerprint density at radius 3 is 2.61 bits per heavy atom. The summed E-state index contributed by atoms with van der Waals surface area (Å²) in [7, 11) is 0. The first-order chi connectivity index (χ1) is 15.0. The molecular weight excluding hydrogens is 416 g/mol. The number of benzene rings is 1. The number of amides is 2. The summed E-state index contributed by atoms with van der Waals surface area (Å²) < 4.78 is 1.61. The number of nitrogens with one attached hydrogen (secondary N) is 1. The smallest absolute Gasteiger partial charge is 0.273 e. The summed E-state index contributed by atoms with van der Waals surface area (Å²) in [6.07, 6.45) is 4.46. The molecule has 1 aliphatic heterocycles. The monoisotopic (exact) mass is 444 g/mol. The first kappa shape index (κ1) is 21.8. The summed E-state index contributed by atoms with van der Waals surface area (Å²) in [6, 6.07) is 7.27. The summed E-state index contributed by atoms with van der Waals surface area (Å²) in [5.41, 5.74) is 1.74. The SMILES string of the molecule is Cc1c(C(=O)NCCN2CCN(C(=O)C3CCCC3)CC2)nnn1-c1cccc(Cl)c1. The molecule has 2 aromatic rings. The first-order valence-corrected chi connectivity index (χ1v) is 11.4. The van der Waals surface area contributed by atoms with Gasteiger partial charge < -0.3 is 10.2 Å². The maximum atomic E-state index is 12.6. The van der Waals surface area contributed by atoms with Crippen LogP contribution in [0, 0.1) is 12.8 Å². The second kappa shape index (κ2) is 9.78. The van der Waals surface area contributed by atoms with Crippen LogP contribution in [0.25, 0.3) is 5.69 Å². The molecule has 166 valence electrons. The molecule has 2 amide bonds.